The van der Waals surface area contributed by atoms with Crippen LogP contribution in [0.4, 0.5) is 11.4 Å². The van der Waals surface area contributed by atoms with E-state index in [0.717, 1.165) is 0 Å². The Bertz CT molecular complexity index is 404. The second-order valence-electron chi connectivity index (χ2n) is 4.50. The zero-order valence-corrected chi connectivity index (χ0v) is 10.9. The van der Waals surface area contributed by atoms with Gasteiger partial charge in [-0.2, -0.15) is 0 Å². The smallest absolute Gasteiger partial charge is 0.240 e. The first-order valence-corrected chi connectivity index (χ1v) is 5.87. The van der Waals surface area contributed by atoms with Gasteiger partial charge in [-0.05, 0) is 25.1 Å². The minimum atomic E-state index is -0.570. The second-order valence-corrected chi connectivity index (χ2v) is 4.50. The third-order valence-electron chi connectivity index (χ3n) is 2.34. The summed E-state index contributed by atoms with van der Waals surface area (Å²) >= 11 is 0. The molecule has 0 fully saturated rings. The van der Waals surface area contributed by atoms with E-state index in [-0.39, 0.29) is 17.7 Å². The number of carbonyl (C=O) groups excluding carboxylic acids is 2. The van der Waals surface area contributed by atoms with Crippen molar-refractivity contribution in [3.63, 3.8) is 0 Å². The lowest BCUT2D eigenvalue weighted by molar-refractivity contribution is -0.119. The van der Waals surface area contributed by atoms with Crippen LogP contribution in [0.5, 0.6) is 0 Å². The standard InChI is InChI=1S/C13H19N3O2/c1-8(2)12(17)15-10-5-4-6-11(7-10)16-13(18)9(3)14/h4-9H,14H2,1-3H3,(H,15,17)(H,16,18)/t9-/m0/s1. The van der Waals surface area contributed by atoms with Crippen LogP contribution in [0.2, 0.25) is 0 Å². The van der Waals surface area contributed by atoms with Crippen LogP contribution in [0.3, 0.4) is 0 Å². The Morgan fingerprint density at radius 1 is 1.06 bits per heavy atom. The molecule has 0 aromatic heterocycles. The van der Waals surface area contributed by atoms with Gasteiger partial charge in [-0.15, -0.1) is 0 Å². The summed E-state index contributed by atoms with van der Waals surface area (Å²) in [5.74, 6) is -0.416. The molecule has 98 valence electrons. The predicted octanol–water partition coefficient (Wildman–Crippen LogP) is 1.57. The molecule has 0 spiro atoms. The Labute approximate surface area is 107 Å². The van der Waals surface area contributed by atoms with Crippen molar-refractivity contribution in [3.8, 4) is 0 Å². The summed E-state index contributed by atoms with van der Waals surface area (Å²) in [4.78, 5) is 23.0. The fraction of sp³-hybridized carbons (Fsp3) is 0.385. The lowest BCUT2D eigenvalue weighted by Crippen LogP contribution is -2.32. The van der Waals surface area contributed by atoms with E-state index in [1.165, 1.54) is 0 Å². The summed E-state index contributed by atoms with van der Waals surface area (Å²) in [7, 11) is 0. The molecule has 5 nitrogen and oxygen atoms in total. The van der Waals surface area contributed by atoms with E-state index in [4.69, 9.17) is 5.73 Å². The topological polar surface area (TPSA) is 84.2 Å². The van der Waals surface area contributed by atoms with Crippen molar-refractivity contribution < 1.29 is 9.59 Å². The highest BCUT2D eigenvalue weighted by molar-refractivity contribution is 5.96. The summed E-state index contributed by atoms with van der Waals surface area (Å²) in [5.41, 5.74) is 6.72. The Morgan fingerprint density at radius 2 is 1.56 bits per heavy atom. The summed E-state index contributed by atoms with van der Waals surface area (Å²) in [6.07, 6.45) is 0. The van der Waals surface area contributed by atoms with Crippen molar-refractivity contribution in [1.82, 2.24) is 0 Å². The lowest BCUT2D eigenvalue weighted by atomic mass is 10.2. The third kappa shape index (κ3) is 4.18. The highest BCUT2D eigenvalue weighted by Crippen LogP contribution is 2.16. The molecule has 1 aromatic rings. The molecule has 1 rings (SSSR count). The van der Waals surface area contributed by atoms with Gasteiger partial charge in [0, 0.05) is 17.3 Å². The van der Waals surface area contributed by atoms with Crippen LogP contribution in [0.25, 0.3) is 0 Å². The number of nitrogens with two attached hydrogens (primary N) is 1. The molecular weight excluding hydrogens is 230 g/mol. The van der Waals surface area contributed by atoms with Crippen LogP contribution in [-0.2, 0) is 9.59 Å². The number of carbonyl (C=O) groups is 2. The molecule has 18 heavy (non-hydrogen) atoms. The fourth-order valence-electron chi connectivity index (χ4n) is 1.22. The Balaban J connectivity index is 2.74. The van der Waals surface area contributed by atoms with Gasteiger partial charge in [0.05, 0.1) is 6.04 Å². The predicted molar refractivity (Wildman–Crippen MR) is 72.2 cm³/mol. The number of rotatable bonds is 4. The number of hydrogen-bond acceptors (Lipinski definition) is 3. The highest BCUT2D eigenvalue weighted by atomic mass is 16.2. The van der Waals surface area contributed by atoms with Gasteiger partial charge in [-0.25, -0.2) is 0 Å². The van der Waals surface area contributed by atoms with Crippen molar-refractivity contribution >= 4 is 23.2 Å². The molecule has 0 aliphatic carbocycles. The van der Waals surface area contributed by atoms with Gasteiger partial charge in [-0.1, -0.05) is 19.9 Å². The van der Waals surface area contributed by atoms with E-state index in [1.807, 2.05) is 13.8 Å². The van der Waals surface area contributed by atoms with E-state index in [2.05, 4.69) is 10.6 Å². The number of amides is 2. The summed E-state index contributed by atoms with van der Waals surface area (Å²) in [6, 6.07) is 6.39. The van der Waals surface area contributed by atoms with Gasteiger partial charge in [0.2, 0.25) is 11.8 Å². The molecule has 0 heterocycles. The van der Waals surface area contributed by atoms with Gasteiger partial charge < -0.3 is 16.4 Å². The maximum Gasteiger partial charge on any atom is 0.240 e. The molecule has 1 aromatic carbocycles. The van der Waals surface area contributed by atoms with Crippen molar-refractivity contribution in [1.29, 1.82) is 0 Å². The molecule has 2 amide bonds. The monoisotopic (exact) mass is 249 g/mol. The first-order chi connectivity index (χ1) is 8.40. The van der Waals surface area contributed by atoms with Crippen molar-refractivity contribution in [2.24, 2.45) is 11.7 Å². The molecule has 0 aliphatic heterocycles. The molecule has 0 bridgehead atoms. The average molecular weight is 249 g/mol. The number of anilines is 2. The SMILES string of the molecule is CC(C)C(=O)Nc1cccc(NC(=O)[C@H](C)N)c1. The quantitative estimate of drug-likeness (QED) is 0.757. The zero-order valence-electron chi connectivity index (χ0n) is 10.9. The summed E-state index contributed by atoms with van der Waals surface area (Å²) < 4.78 is 0. The summed E-state index contributed by atoms with van der Waals surface area (Å²) in [6.45, 7) is 5.24. The largest absolute Gasteiger partial charge is 0.326 e. The Kier molecular flexibility index (Phi) is 4.85. The van der Waals surface area contributed by atoms with E-state index in [1.54, 1.807) is 31.2 Å². The van der Waals surface area contributed by atoms with Crippen LogP contribution in [0, 0.1) is 5.92 Å². The minimum absolute atomic E-state index is 0.0642. The molecule has 0 radical (unpaired) electrons. The van der Waals surface area contributed by atoms with Crippen molar-refractivity contribution in [2.45, 2.75) is 26.8 Å². The number of hydrogen-bond donors (Lipinski definition) is 3. The number of benzene rings is 1. The lowest BCUT2D eigenvalue weighted by Gasteiger charge is -2.11. The van der Waals surface area contributed by atoms with Crippen LogP contribution in [0.15, 0.2) is 24.3 Å². The van der Waals surface area contributed by atoms with Crippen molar-refractivity contribution in [2.75, 3.05) is 10.6 Å². The zero-order chi connectivity index (χ0) is 13.7. The first kappa shape index (κ1) is 14.2. The normalized spacial score (nSPS) is 12.1. The fourth-order valence-corrected chi connectivity index (χ4v) is 1.22. The highest BCUT2D eigenvalue weighted by Gasteiger charge is 2.09. The molecule has 1 atom stereocenters. The second kappa shape index (κ2) is 6.16. The van der Waals surface area contributed by atoms with E-state index in [9.17, 15) is 9.59 Å². The average Bonchev–Trinajstić information content (AvgIpc) is 2.29. The van der Waals surface area contributed by atoms with Crippen LogP contribution in [0.1, 0.15) is 20.8 Å². The van der Waals surface area contributed by atoms with E-state index < -0.39 is 6.04 Å². The summed E-state index contributed by atoms with van der Waals surface area (Å²) in [5, 5.41) is 5.43. The van der Waals surface area contributed by atoms with E-state index >= 15 is 0 Å². The van der Waals surface area contributed by atoms with Gasteiger partial charge in [0.1, 0.15) is 0 Å². The van der Waals surface area contributed by atoms with Gasteiger partial charge in [0.25, 0.3) is 0 Å². The van der Waals surface area contributed by atoms with Gasteiger partial charge >= 0.3 is 0 Å². The van der Waals surface area contributed by atoms with Crippen molar-refractivity contribution in [3.05, 3.63) is 24.3 Å². The molecule has 5 heteroatoms. The van der Waals surface area contributed by atoms with E-state index in [0.29, 0.717) is 11.4 Å². The van der Waals surface area contributed by atoms with Crippen LogP contribution >= 0.6 is 0 Å². The molecule has 0 unspecified atom stereocenters. The maximum absolute atomic E-state index is 11.5. The minimum Gasteiger partial charge on any atom is -0.326 e. The third-order valence-corrected chi connectivity index (χ3v) is 2.34. The van der Waals surface area contributed by atoms with Crippen LogP contribution < -0.4 is 16.4 Å². The molecule has 4 N–H and O–H groups in total. The molecule has 0 aliphatic rings. The first-order valence-electron chi connectivity index (χ1n) is 5.87. The number of nitrogens with one attached hydrogen (secondary N) is 2. The van der Waals surface area contributed by atoms with Gasteiger partial charge in [-0.3, -0.25) is 9.59 Å². The molecular formula is C13H19N3O2. The Morgan fingerprint density at radius 3 is 2.00 bits per heavy atom. The molecule has 0 saturated heterocycles. The van der Waals surface area contributed by atoms with Gasteiger partial charge in [0.15, 0.2) is 0 Å². The van der Waals surface area contributed by atoms with Crippen LogP contribution in [-0.4, -0.2) is 17.9 Å². The molecule has 0 saturated carbocycles. The maximum atomic E-state index is 11.5. The Hall–Kier alpha value is -1.88.